The highest BCUT2D eigenvalue weighted by Gasteiger charge is 2.14. The Hall–Kier alpha value is -3.45. The average Bonchev–Trinajstić information content (AvgIpc) is 3.40. The fraction of sp³-hybridized carbons (Fsp3) is 0.0500. The van der Waals surface area contributed by atoms with Gasteiger partial charge in [0.1, 0.15) is 17.9 Å². The number of para-hydroxylation sites is 1. The van der Waals surface area contributed by atoms with Crippen molar-refractivity contribution in [1.82, 2.24) is 20.2 Å². The zero-order valence-electron chi connectivity index (χ0n) is 14.4. The Morgan fingerprint density at radius 3 is 2.70 bits per heavy atom. The molecule has 3 aromatic heterocycles. The van der Waals surface area contributed by atoms with E-state index in [1.165, 1.54) is 11.0 Å². The summed E-state index contributed by atoms with van der Waals surface area (Å²) in [5.41, 5.74) is 2.77. The summed E-state index contributed by atoms with van der Waals surface area (Å²) in [5, 5.41) is 14.6. The predicted molar refractivity (Wildman–Crippen MR) is 109 cm³/mol. The van der Waals surface area contributed by atoms with E-state index in [1.807, 2.05) is 36.4 Å². The van der Waals surface area contributed by atoms with Crippen molar-refractivity contribution in [3.63, 3.8) is 0 Å². The molecule has 6 nitrogen and oxygen atoms in total. The first kappa shape index (κ1) is 15.8. The Kier molecular flexibility index (Phi) is 3.72. The number of methoxy groups -OCH3 is 1. The van der Waals surface area contributed by atoms with Gasteiger partial charge in [-0.05, 0) is 41.8 Å². The van der Waals surface area contributed by atoms with Gasteiger partial charge < -0.3 is 10.1 Å². The molecule has 0 saturated carbocycles. The lowest BCUT2D eigenvalue weighted by Crippen LogP contribution is -1.96. The number of H-pyrrole nitrogens is 1. The predicted octanol–water partition coefficient (Wildman–Crippen LogP) is 4.99. The molecule has 0 aliphatic rings. The summed E-state index contributed by atoms with van der Waals surface area (Å²) in [6, 6.07) is 16.0. The topological polar surface area (TPSA) is 75.7 Å². The van der Waals surface area contributed by atoms with Crippen LogP contribution in [0.15, 0.2) is 60.2 Å². The van der Waals surface area contributed by atoms with Crippen molar-refractivity contribution in [3.8, 4) is 17.1 Å². The second kappa shape index (κ2) is 6.37. The molecule has 2 N–H and O–H groups in total. The molecule has 5 aromatic rings. The fourth-order valence-electron chi connectivity index (χ4n) is 3.16. The highest BCUT2D eigenvalue weighted by Crippen LogP contribution is 2.37. The molecule has 3 heterocycles. The fourth-order valence-corrected chi connectivity index (χ4v) is 4.08. The van der Waals surface area contributed by atoms with Crippen LogP contribution in [0.3, 0.4) is 0 Å². The number of hydrogen-bond donors (Lipinski definition) is 2. The van der Waals surface area contributed by atoms with Crippen molar-refractivity contribution >= 4 is 43.8 Å². The minimum absolute atomic E-state index is 0.708. The second-order valence-corrected chi connectivity index (χ2v) is 6.93. The van der Waals surface area contributed by atoms with Crippen molar-refractivity contribution in [2.45, 2.75) is 0 Å². The molecule has 0 spiro atoms. The SMILES string of the molecule is COc1ccc(Nc2nc3c(-c4ncn[nH]4)cccc3c3sccc23)cc1. The molecule has 0 atom stereocenters. The number of nitrogens with zero attached hydrogens (tertiary/aromatic N) is 3. The summed E-state index contributed by atoms with van der Waals surface area (Å²) in [5.74, 6) is 2.34. The molecular formula is C20H15N5OS. The molecule has 132 valence electrons. The second-order valence-electron chi connectivity index (χ2n) is 6.01. The van der Waals surface area contributed by atoms with Gasteiger partial charge in [-0.25, -0.2) is 9.97 Å². The number of aromatic nitrogens is 4. The van der Waals surface area contributed by atoms with Gasteiger partial charge in [-0.3, -0.25) is 5.10 Å². The number of benzene rings is 2. The van der Waals surface area contributed by atoms with Crippen molar-refractivity contribution in [2.24, 2.45) is 0 Å². The lowest BCUT2D eigenvalue weighted by molar-refractivity contribution is 0.415. The van der Waals surface area contributed by atoms with Gasteiger partial charge in [0, 0.05) is 26.7 Å². The zero-order chi connectivity index (χ0) is 18.2. The third-order valence-electron chi connectivity index (χ3n) is 4.45. The number of aromatic amines is 1. The third kappa shape index (κ3) is 2.69. The maximum Gasteiger partial charge on any atom is 0.157 e. The van der Waals surface area contributed by atoms with Crippen LogP contribution in [0.1, 0.15) is 0 Å². The van der Waals surface area contributed by atoms with Crippen LogP contribution < -0.4 is 10.1 Å². The Balaban J connectivity index is 1.70. The van der Waals surface area contributed by atoms with Crippen LogP contribution in [-0.2, 0) is 0 Å². The number of hydrogen-bond acceptors (Lipinski definition) is 6. The van der Waals surface area contributed by atoms with Crippen molar-refractivity contribution in [3.05, 3.63) is 60.2 Å². The summed E-state index contributed by atoms with van der Waals surface area (Å²) < 4.78 is 6.43. The molecule has 0 unspecified atom stereocenters. The van der Waals surface area contributed by atoms with Crippen LogP contribution in [0, 0.1) is 0 Å². The van der Waals surface area contributed by atoms with Crippen LogP contribution in [0.5, 0.6) is 5.75 Å². The summed E-state index contributed by atoms with van der Waals surface area (Å²) in [4.78, 5) is 9.25. The molecule has 0 amide bonds. The van der Waals surface area contributed by atoms with E-state index >= 15 is 0 Å². The molecule has 0 aliphatic heterocycles. The number of ether oxygens (including phenoxy) is 1. The Morgan fingerprint density at radius 2 is 1.93 bits per heavy atom. The van der Waals surface area contributed by atoms with Crippen LogP contribution >= 0.6 is 11.3 Å². The van der Waals surface area contributed by atoms with E-state index < -0.39 is 0 Å². The van der Waals surface area contributed by atoms with Gasteiger partial charge in [0.05, 0.1) is 12.6 Å². The largest absolute Gasteiger partial charge is 0.497 e. The number of fused-ring (bicyclic) bond motifs is 3. The third-order valence-corrected chi connectivity index (χ3v) is 5.40. The number of pyridine rings is 1. The van der Waals surface area contributed by atoms with Crippen LogP contribution in [0.4, 0.5) is 11.5 Å². The molecule has 2 aromatic carbocycles. The van der Waals surface area contributed by atoms with Crippen LogP contribution in [0.2, 0.25) is 0 Å². The van der Waals surface area contributed by atoms with Crippen molar-refractivity contribution in [1.29, 1.82) is 0 Å². The molecule has 0 aliphatic carbocycles. The Labute approximate surface area is 158 Å². The maximum atomic E-state index is 5.23. The van der Waals surface area contributed by atoms with E-state index in [1.54, 1.807) is 18.4 Å². The van der Waals surface area contributed by atoms with Crippen molar-refractivity contribution < 1.29 is 4.74 Å². The summed E-state index contributed by atoms with van der Waals surface area (Å²) in [6.45, 7) is 0. The highest BCUT2D eigenvalue weighted by molar-refractivity contribution is 7.18. The normalized spacial score (nSPS) is 11.1. The number of anilines is 2. The van der Waals surface area contributed by atoms with E-state index in [0.717, 1.165) is 39.1 Å². The minimum Gasteiger partial charge on any atom is -0.497 e. The number of thiophene rings is 1. The Bertz CT molecular complexity index is 1230. The van der Waals surface area contributed by atoms with Crippen molar-refractivity contribution in [2.75, 3.05) is 12.4 Å². The lowest BCUT2D eigenvalue weighted by atomic mass is 10.1. The van der Waals surface area contributed by atoms with Gasteiger partial charge in [0.15, 0.2) is 5.82 Å². The molecule has 5 rings (SSSR count). The summed E-state index contributed by atoms with van der Waals surface area (Å²) >= 11 is 1.71. The molecule has 0 fully saturated rings. The smallest absolute Gasteiger partial charge is 0.157 e. The molecule has 27 heavy (non-hydrogen) atoms. The first-order valence-electron chi connectivity index (χ1n) is 8.40. The molecule has 7 heteroatoms. The molecule has 0 radical (unpaired) electrons. The molecule has 0 bridgehead atoms. The van der Waals surface area contributed by atoms with Crippen LogP contribution in [0.25, 0.3) is 32.4 Å². The minimum atomic E-state index is 0.708. The van der Waals surface area contributed by atoms with Crippen LogP contribution in [-0.4, -0.2) is 27.3 Å². The van der Waals surface area contributed by atoms with E-state index in [-0.39, 0.29) is 0 Å². The number of nitrogens with one attached hydrogen (secondary N) is 2. The number of rotatable bonds is 4. The zero-order valence-corrected chi connectivity index (χ0v) is 15.2. The van der Waals surface area contributed by atoms with E-state index in [2.05, 4.69) is 38.0 Å². The first-order chi connectivity index (χ1) is 13.3. The average molecular weight is 373 g/mol. The summed E-state index contributed by atoms with van der Waals surface area (Å²) in [7, 11) is 1.66. The van der Waals surface area contributed by atoms with Gasteiger partial charge in [-0.1, -0.05) is 12.1 Å². The van der Waals surface area contributed by atoms with Gasteiger partial charge in [0.25, 0.3) is 0 Å². The van der Waals surface area contributed by atoms with Gasteiger partial charge in [-0.2, -0.15) is 5.10 Å². The highest BCUT2D eigenvalue weighted by atomic mass is 32.1. The first-order valence-corrected chi connectivity index (χ1v) is 9.28. The van der Waals surface area contributed by atoms with Gasteiger partial charge >= 0.3 is 0 Å². The lowest BCUT2D eigenvalue weighted by Gasteiger charge is -2.11. The van der Waals surface area contributed by atoms with Gasteiger partial charge in [0.2, 0.25) is 0 Å². The standard InChI is InChI=1S/C20H15N5OS/c1-26-13-7-5-12(6-8-13)23-20-16-9-10-27-18(16)14-3-2-4-15(17(14)24-20)19-21-11-22-25-19/h2-11H,1H3,(H,23,24)(H,21,22,25). The van der Waals surface area contributed by atoms with Gasteiger partial charge in [-0.15, -0.1) is 11.3 Å². The molecular weight excluding hydrogens is 358 g/mol. The Morgan fingerprint density at radius 1 is 1.04 bits per heavy atom. The monoisotopic (exact) mass is 373 g/mol. The van der Waals surface area contributed by atoms with E-state index in [0.29, 0.717) is 5.82 Å². The quantitative estimate of drug-likeness (QED) is 0.464. The van der Waals surface area contributed by atoms with E-state index in [4.69, 9.17) is 9.72 Å². The molecule has 0 saturated heterocycles. The van der Waals surface area contributed by atoms with E-state index in [9.17, 15) is 0 Å². The maximum absolute atomic E-state index is 5.23. The summed E-state index contributed by atoms with van der Waals surface area (Å²) in [6.07, 6.45) is 1.51.